The van der Waals surface area contributed by atoms with E-state index in [-0.39, 0.29) is 18.0 Å². The van der Waals surface area contributed by atoms with Crippen molar-refractivity contribution >= 4 is 17.2 Å². The zero-order valence-electron chi connectivity index (χ0n) is 12.2. The predicted octanol–water partition coefficient (Wildman–Crippen LogP) is 2.66. The third-order valence-corrected chi connectivity index (χ3v) is 4.67. The summed E-state index contributed by atoms with van der Waals surface area (Å²) in [7, 11) is 0. The number of thiazole rings is 1. The van der Waals surface area contributed by atoms with Crippen LogP contribution in [-0.2, 0) is 0 Å². The molecule has 0 saturated carbocycles. The highest BCUT2D eigenvalue weighted by Gasteiger charge is 2.28. The highest BCUT2D eigenvalue weighted by molar-refractivity contribution is 7.09. The SMILES string of the molecule is Cc1nc(-c2cc(C(=O)N3CC[C@H](N)C[C@@H]3C)co2)cs1. The van der Waals surface area contributed by atoms with Gasteiger partial charge < -0.3 is 15.1 Å². The number of hydrogen-bond acceptors (Lipinski definition) is 5. The Morgan fingerprint density at radius 1 is 1.57 bits per heavy atom. The molecule has 1 saturated heterocycles. The maximum atomic E-state index is 12.6. The summed E-state index contributed by atoms with van der Waals surface area (Å²) in [5, 5.41) is 2.92. The molecule has 1 aliphatic heterocycles. The standard InChI is InChI=1S/C15H19N3O2S/c1-9-5-12(16)3-4-18(9)15(19)11-6-14(20-7-11)13-8-21-10(2)17-13/h6-9,12H,3-5,16H2,1-2H3/t9-,12-/m0/s1. The maximum absolute atomic E-state index is 12.6. The molecule has 0 unspecified atom stereocenters. The van der Waals surface area contributed by atoms with Gasteiger partial charge in [-0.25, -0.2) is 4.98 Å². The van der Waals surface area contributed by atoms with Gasteiger partial charge in [-0.15, -0.1) is 11.3 Å². The first-order valence-electron chi connectivity index (χ1n) is 7.12. The normalized spacial score (nSPS) is 22.5. The van der Waals surface area contributed by atoms with Gasteiger partial charge in [0.2, 0.25) is 0 Å². The van der Waals surface area contributed by atoms with E-state index < -0.39 is 0 Å². The van der Waals surface area contributed by atoms with E-state index in [1.165, 1.54) is 6.26 Å². The molecule has 1 aliphatic rings. The average molecular weight is 305 g/mol. The minimum atomic E-state index is 0.0105. The summed E-state index contributed by atoms with van der Waals surface area (Å²) in [4.78, 5) is 18.8. The van der Waals surface area contributed by atoms with Crippen LogP contribution in [-0.4, -0.2) is 34.4 Å². The molecule has 2 aromatic rings. The van der Waals surface area contributed by atoms with Gasteiger partial charge in [0.05, 0.1) is 10.6 Å². The van der Waals surface area contributed by atoms with E-state index in [0.29, 0.717) is 17.9 Å². The first-order chi connectivity index (χ1) is 10.0. The summed E-state index contributed by atoms with van der Waals surface area (Å²) >= 11 is 1.57. The molecule has 0 bridgehead atoms. The van der Waals surface area contributed by atoms with Crippen molar-refractivity contribution in [2.75, 3.05) is 6.54 Å². The fraction of sp³-hybridized carbons (Fsp3) is 0.467. The van der Waals surface area contributed by atoms with Crippen molar-refractivity contribution in [2.45, 2.75) is 38.8 Å². The second kappa shape index (κ2) is 5.61. The number of carbonyl (C=O) groups excluding carboxylic acids is 1. The van der Waals surface area contributed by atoms with Crippen LogP contribution in [0.2, 0.25) is 0 Å². The van der Waals surface area contributed by atoms with E-state index in [4.69, 9.17) is 10.2 Å². The van der Waals surface area contributed by atoms with Crippen LogP contribution in [0.3, 0.4) is 0 Å². The lowest BCUT2D eigenvalue weighted by atomic mass is 9.98. The Hall–Kier alpha value is -1.66. The number of rotatable bonds is 2. The summed E-state index contributed by atoms with van der Waals surface area (Å²) in [6, 6.07) is 2.14. The van der Waals surface area contributed by atoms with Crippen LogP contribution >= 0.6 is 11.3 Å². The molecule has 3 heterocycles. The number of hydrogen-bond donors (Lipinski definition) is 1. The number of piperidine rings is 1. The highest BCUT2D eigenvalue weighted by Crippen LogP contribution is 2.26. The largest absolute Gasteiger partial charge is 0.462 e. The first kappa shape index (κ1) is 14.3. The highest BCUT2D eigenvalue weighted by atomic mass is 32.1. The lowest BCUT2D eigenvalue weighted by molar-refractivity contribution is 0.0618. The van der Waals surface area contributed by atoms with Crippen molar-refractivity contribution in [2.24, 2.45) is 5.73 Å². The van der Waals surface area contributed by atoms with Gasteiger partial charge in [-0.2, -0.15) is 0 Å². The Kier molecular flexibility index (Phi) is 3.82. The van der Waals surface area contributed by atoms with Crippen LogP contribution in [0.1, 0.15) is 35.1 Å². The predicted molar refractivity (Wildman–Crippen MR) is 82.3 cm³/mol. The van der Waals surface area contributed by atoms with Gasteiger partial charge in [-0.05, 0) is 32.8 Å². The van der Waals surface area contributed by atoms with Gasteiger partial charge in [0, 0.05) is 24.0 Å². The molecule has 21 heavy (non-hydrogen) atoms. The van der Waals surface area contributed by atoms with Crippen LogP contribution < -0.4 is 5.73 Å². The molecule has 2 aromatic heterocycles. The van der Waals surface area contributed by atoms with Crippen LogP contribution in [0.4, 0.5) is 0 Å². The number of nitrogens with zero attached hydrogens (tertiary/aromatic N) is 2. The summed E-state index contributed by atoms with van der Waals surface area (Å²) < 4.78 is 5.50. The van der Waals surface area contributed by atoms with Gasteiger partial charge in [0.1, 0.15) is 12.0 Å². The zero-order valence-corrected chi connectivity index (χ0v) is 13.0. The van der Waals surface area contributed by atoms with Crippen LogP contribution in [0.15, 0.2) is 22.1 Å². The summed E-state index contributed by atoms with van der Waals surface area (Å²) in [5.41, 5.74) is 7.31. The molecule has 1 fully saturated rings. The molecule has 0 aliphatic carbocycles. The number of aromatic nitrogens is 1. The van der Waals surface area contributed by atoms with Crippen molar-refractivity contribution < 1.29 is 9.21 Å². The van der Waals surface area contributed by atoms with E-state index in [2.05, 4.69) is 4.98 Å². The van der Waals surface area contributed by atoms with Gasteiger partial charge >= 0.3 is 0 Å². The average Bonchev–Trinajstić information content (AvgIpc) is 3.06. The minimum absolute atomic E-state index is 0.0105. The Morgan fingerprint density at radius 2 is 2.38 bits per heavy atom. The molecular formula is C15H19N3O2S. The van der Waals surface area contributed by atoms with Crippen molar-refractivity contribution in [3.63, 3.8) is 0 Å². The first-order valence-corrected chi connectivity index (χ1v) is 8.00. The van der Waals surface area contributed by atoms with E-state index in [9.17, 15) is 4.79 Å². The Bertz CT molecular complexity index is 649. The number of amides is 1. The van der Waals surface area contributed by atoms with Gasteiger partial charge in [0.15, 0.2) is 5.76 Å². The second-order valence-electron chi connectivity index (χ2n) is 5.58. The van der Waals surface area contributed by atoms with Crippen molar-refractivity contribution in [1.29, 1.82) is 0 Å². The molecule has 6 heteroatoms. The molecular weight excluding hydrogens is 286 g/mol. The zero-order chi connectivity index (χ0) is 15.0. The number of aryl methyl sites for hydroxylation is 1. The summed E-state index contributed by atoms with van der Waals surface area (Å²) in [6.45, 7) is 4.70. The van der Waals surface area contributed by atoms with E-state index in [1.807, 2.05) is 24.1 Å². The quantitative estimate of drug-likeness (QED) is 0.926. The number of nitrogens with two attached hydrogens (primary N) is 1. The third-order valence-electron chi connectivity index (χ3n) is 3.90. The monoisotopic (exact) mass is 305 g/mol. The molecule has 0 spiro atoms. The number of likely N-dealkylation sites (tertiary alicyclic amines) is 1. The maximum Gasteiger partial charge on any atom is 0.257 e. The molecule has 5 nitrogen and oxygen atoms in total. The van der Waals surface area contributed by atoms with Crippen LogP contribution in [0.25, 0.3) is 11.5 Å². The lowest BCUT2D eigenvalue weighted by Crippen LogP contribution is -2.48. The summed E-state index contributed by atoms with van der Waals surface area (Å²) in [6.07, 6.45) is 3.22. The van der Waals surface area contributed by atoms with Crippen LogP contribution in [0, 0.1) is 6.92 Å². The van der Waals surface area contributed by atoms with Gasteiger partial charge in [-0.3, -0.25) is 4.79 Å². The number of furan rings is 1. The third kappa shape index (κ3) is 2.87. The fourth-order valence-corrected chi connectivity index (χ4v) is 3.34. The minimum Gasteiger partial charge on any atom is -0.462 e. The van der Waals surface area contributed by atoms with Gasteiger partial charge in [-0.1, -0.05) is 0 Å². The van der Waals surface area contributed by atoms with Crippen molar-refractivity contribution in [1.82, 2.24) is 9.88 Å². The van der Waals surface area contributed by atoms with Gasteiger partial charge in [0.25, 0.3) is 5.91 Å². The Morgan fingerprint density at radius 3 is 3.05 bits per heavy atom. The fourth-order valence-electron chi connectivity index (χ4n) is 2.74. The lowest BCUT2D eigenvalue weighted by Gasteiger charge is -2.36. The van der Waals surface area contributed by atoms with E-state index >= 15 is 0 Å². The number of carbonyl (C=O) groups is 1. The molecule has 1 amide bonds. The Balaban J connectivity index is 1.78. The van der Waals surface area contributed by atoms with Crippen molar-refractivity contribution in [3.05, 3.63) is 28.3 Å². The van der Waals surface area contributed by atoms with E-state index in [1.54, 1.807) is 17.4 Å². The molecule has 112 valence electrons. The molecule has 2 atom stereocenters. The molecule has 0 radical (unpaired) electrons. The smallest absolute Gasteiger partial charge is 0.257 e. The Labute approximate surface area is 127 Å². The van der Waals surface area contributed by atoms with E-state index in [0.717, 1.165) is 23.5 Å². The van der Waals surface area contributed by atoms with Crippen molar-refractivity contribution in [3.8, 4) is 11.5 Å². The topological polar surface area (TPSA) is 72.4 Å². The second-order valence-corrected chi connectivity index (χ2v) is 6.65. The van der Waals surface area contributed by atoms with Crippen LogP contribution in [0.5, 0.6) is 0 Å². The molecule has 0 aromatic carbocycles. The molecule has 3 rings (SSSR count). The molecule has 2 N–H and O–H groups in total. The summed E-state index contributed by atoms with van der Waals surface area (Å²) in [5.74, 6) is 0.653.